The number of aliphatic hydroxyl groups excluding tert-OH is 1. The second-order valence-corrected chi connectivity index (χ2v) is 3.60. The Kier molecular flexibility index (Phi) is 3.69. The van der Waals surface area contributed by atoms with Gasteiger partial charge >= 0.3 is 11.7 Å². The average Bonchev–Trinajstić information content (AvgIpc) is 1.82. The Morgan fingerprint density at radius 1 is 1.54 bits per heavy atom. The third-order valence-electron chi connectivity index (χ3n) is 0.888. The van der Waals surface area contributed by atoms with Crippen molar-refractivity contribution in [2.75, 3.05) is 0 Å². The summed E-state index contributed by atoms with van der Waals surface area (Å²) >= 11 is 5.05. The van der Waals surface area contributed by atoms with Gasteiger partial charge in [0.1, 0.15) is 5.60 Å². The van der Waals surface area contributed by atoms with Gasteiger partial charge in [-0.1, -0.05) is 0 Å². The molecule has 0 aliphatic heterocycles. The van der Waals surface area contributed by atoms with Crippen LogP contribution in [0.2, 0.25) is 0 Å². The lowest BCUT2D eigenvalue weighted by atomic mass is 10.2. The minimum atomic E-state index is -0.984. The van der Waals surface area contributed by atoms with Gasteiger partial charge in [-0.15, -0.1) is 0 Å². The minimum Gasteiger partial charge on any atom is -0.493 e. The summed E-state index contributed by atoms with van der Waals surface area (Å²) in [6, 6.07) is 0. The Balaban J connectivity index is 4.65. The number of aliphatic hydroxyl groups is 1. The molecule has 0 unspecified atom stereocenters. The van der Waals surface area contributed by atoms with E-state index in [1.807, 2.05) is 0 Å². The molecule has 0 amide bonds. The van der Waals surface area contributed by atoms with Gasteiger partial charge in [0, 0.05) is 0 Å². The Hall–Kier alpha value is -1.28. The molecule has 0 aromatic carbocycles. The standard InChI is InChI=1S/C7H9ClN2O3/c1-7(2,3)13-6(12)4(10-9)5(8)11/h1-3H3/p+1. The molecule has 72 valence electrons. The van der Waals surface area contributed by atoms with Crippen molar-refractivity contribution >= 4 is 17.6 Å². The van der Waals surface area contributed by atoms with Gasteiger partial charge in [0.25, 0.3) is 5.22 Å². The molecule has 0 aromatic rings. The molecular weight excluding hydrogens is 196 g/mol. The Bertz CT molecular complexity index is 281. The minimum absolute atomic E-state index is 0.711. The number of diazo groups is 1. The van der Waals surface area contributed by atoms with Crippen molar-refractivity contribution < 1.29 is 14.6 Å². The fraction of sp³-hybridized carbons (Fsp3) is 0.571. The van der Waals surface area contributed by atoms with Gasteiger partial charge in [0.2, 0.25) is 5.39 Å². The molecule has 0 radical (unpaired) electrons. The molecule has 0 heterocycles. The van der Waals surface area contributed by atoms with Crippen molar-refractivity contribution in [2.45, 2.75) is 26.4 Å². The molecule has 0 spiro atoms. The fourth-order valence-electron chi connectivity index (χ4n) is 0.493. The lowest BCUT2D eigenvalue weighted by Gasteiger charge is -2.16. The molecule has 5 nitrogen and oxygen atoms in total. The molecule has 0 atom stereocenters. The van der Waals surface area contributed by atoms with Gasteiger partial charge < -0.3 is 9.84 Å². The first-order valence-electron chi connectivity index (χ1n) is 3.45. The monoisotopic (exact) mass is 205 g/mol. The number of nitrogens with zero attached hydrogens (tertiary/aromatic N) is 2. The molecule has 13 heavy (non-hydrogen) atoms. The van der Waals surface area contributed by atoms with E-state index in [1.54, 1.807) is 20.8 Å². The van der Waals surface area contributed by atoms with Crippen LogP contribution in [0.3, 0.4) is 0 Å². The van der Waals surface area contributed by atoms with Crippen LogP contribution in [0, 0.1) is 5.39 Å². The van der Waals surface area contributed by atoms with Crippen LogP contribution in [-0.2, 0) is 9.53 Å². The van der Waals surface area contributed by atoms with Crippen molar-refractivity contribution in [2.24, 2.45) is 0 Å². The summed E-state index contributed by atoms with van der Waals surface area (Å²) < 4.78 is 4.76. The highest BCUT2D eigenvalue weighted by atomic mass is 35.5. The SMILES string of the molecule is CC(C)(C)OC(=O)/C([N+]#N)=C(\O)Cl. The second-order valence-electron chi connectivity index (χ2n) is 3.24. The number of ether oxygens (including phenoxy) is 1. The van der Waals surface area contributed by atoms with Crippen molar-refractivity contribution in [3.8, 4) is 0 Å². The second kappa shape index (κ2) is 4.10. The van der Waals surface area contributed by atoms with Gasteiger partial charge in [0.05, 0.1) is 0 Å². The van der Waals surface area contributed by atoms with E-state index < -0.39 is 22.5 Å². The van der Waals surface area contributed by atoms with Crippen LogP contribution in [-0.4, -0.2) is 16.7 Å². The predicted molar refractivity (Wildman–Crippen MR) is 46.4 cm³/mol. The molecular formula is C7H10ClN2O3+. The van der Waals surface area contributed by atoms with E-state index in [0.717, 1.165) is 0 Å². The first-order chi connectivity index (χ1) is 5.78. The Labute approximate surface area is 80.6 Å². The summed E-state index contributed by atoms with van der Waals surface area (Å²) in [5, 5.41) is 16.0. The topological polar surface area (TPSA) is 74.7 Å². The summed E-state index contributed by atoms with van der Waals surface area (Å²) in [6.45, 7) is 4.89. The lowest BCUT2D eigenvalue weighted by Crippen LogP contribution is -2.24. The Morgan fingerprint density at radius 3 is 2.23 bits per heavy atom. The number of carbonyl (C=O) groups excluding carboxylic acids is 1. The molecule has 0 aliphatic carbocycles. The van der Waals surface area contributed by atoms with E-state index in [-0.39, 0.29) is 0 Å². The lowest BCUT2D eigenvalue weighted by molar-refractivity contribution is -0.149. The molecule has 0 saturated carbocycles. The molecule has 0 aromatic heterocycles. The third kappa shape index (κ3) is 4.33. The van der Waals surface area contributed by atoms with E-state index in [2.05, 4.69) is 4.98 Å². The molecule has 0 aliphatic rings. The molecule has 0 rings (SSSR count). The van der Waals surface area contributed by atoms with E-state index in [0.29, 0.717) is 0 Å². The number of hydrogen-bond donors (Lipinski definition) is 1. The van der Waals surface area contributed by atoms with Crippen LogP contribution >= 0.6 is 11.6 Å². The quantitative estimate of drug-likeness (QED) is 0.308. The first-order valence-corrected chi connectivity index (χ1v) is 3.83. The number of rotatable bonds is 1. The summed E-state index contributed by atoms with van der Waals surface area (Å²) in [5.74, 6) is -0.984. The molecule has 6 heteroatoms. The van der Waals surface area contributed by atoms with Crippen LogP contribution in [0.4, 0.5) is 0 Å². The van der Waals surface area contributed by atoms with Crippen LogP contribution < -0.4 is 0 Å². The highest BCUT2D eigenvalue weighted by Gasteiger charge is 2.33. The summed E-state index contributed by atoms with van der Waals surface area (Å²) in [7, 11) is 0. The maximum atomic E-state index is 11.1. The largest absolute Gasteiger partial charge is 0.521 e. The van der Waals surface area contributed by atoms with Gasteiger partial charge in [0.15, 0.2) is 4.98 Å². The van der Waals surface area contributed by atoms with Gasteiger partial charge in [-0.05, 0) is 32.4 Å². The zero-order valence-corrected chi connectivity index (χ0v) is 8.29. The van der Waals surface area contributed by atoms with Crippen molar-refractivity contribution in [1.82, 2.24) is 0 Å². The maximum absolute atomic E-state index is 11.1. The van der Waals surface area contributed by atoms with Gasteiger partial charge in [-0.2, -0.15) is 0 Å². The van der Waals surface area contributed by atoms with Gasteiger partial charge in [-0.3, -0.25) is 0 Å². The first kappa shape index (κ1) is 11.7. The molecule has 0 bridgehead atoms. The van der Waals surface area contributed by atoms with E-state index >= 15 is 0 Å². The number of halogens is 1. The highest BCUT2D eigenvalue weighted by Crippen LogP contribution is 2.15. The summed E-state index contributed by atoms with van der Waals surface area (Å²) in [6.07, 6.45) is 0. The number of hydrogen-bond acceptors (Lipinski definition) is 4. The molecule has 0 fully saturated rings. The Morgan fingerprint density at radius 2 is 2.00 bits per heavy atom. The fourth-order valence-corrected chi connectivity index (χ4v) is 0.608. The zero-order chi connectivity index (χ0) is 10.6. The average molecular weight is 206 g/mol. The van der Waals surface area contributed by atoms with Crippen LogP contribution in [0.5, 0.6) is 0 Å². The maximum Gasteiger partial charge on any atom is 0.521 e. The predicted octanol–water partition coefficient (Wildman–Crippen LogP) is 2.15. The zero-order valence-electron chi connectivity index (χ0n) is 7.54. The van der Waals surface area contributed by atoms with E-state index in [9.17, 15) is 4.79 Å². The highest BCUT2D eigenvalue weighted by molar-refractivity contribution is 6.30. The van der Waals surface area contributed by atoms with Crippen molar-refractivity contribution in [3.05, 3.63) is 15.9 Å². The van der Waals surface area contributed by atoms with Crippen molar-refractivity contribution in [1.29, 1.82) is 5.39 Å². The summed E-state index contributed by atoms with van der Waals surface area (Å²) in [5.41, 5.74) is -1.45. The van der Waals surface area contributed by atoms with E-state index in [4.69, 9.17) is 26.8 Å². The van der Waals surface area contributed by atoms with Crippen LogP contribution in [0.15, 0.2) is 10.9 Å². The number of esters is 1. The van der Waals surface area contributed by atoms with Crippen LogP contribution in [0.25, 0.3) is 4.98 Å². The molecule has 0 saturated heterocycles. The smallest absolute Gasteiger partial charge is 0.493 e. The summed E-state index contributed by atoms with van der Waals surface area (Å²) in [4.78, 5) is 13.5. The normalized spacial score (nSPS) is 12.8. The third-order valence-corrected chi connectivity index (χ3v) is 1.07. The van der Waals surface area contributed by atoms with Crippen molar-refractivity contribution in [3.63, 3.8) is 0 Å². The van der Waals surface area contributed by atoms with Gasteiger partial charge in [-0.25, -0.2) is 4.79 Å². The van der Waals surface area contributed by atoms with E-state index in [1.165, 1.54) is 0 Å². The molecule has 1 N–H and O–H groups in total. The van der Waals surface area contributed by atoms with Crippen LogP contribution in [0.1, 0.15) is 20.8 Å². The number of carbonyl (C=O) groups is 1.